The molecule has 2 aromatic carbocycles. The number of carbonyl (C=O) groups excluding carboxylic acids is 2. The zero-order valence-corrected chi connectivity index (χ0v) is 24.8. The first-order chi connectivity index (χ1) is 16.1. The summed E-state index contributed by atoms with van der Waals surface area (Å²) >= 11 is 14.5. The number of anilines is 1. The van der Waals surface area contributed by atoms with E-state index in [1.807, 2.05) is 20.8 Å². The molecule has 0 aliphatic rings. The lowest BCUT2D eigenvalue weighted by Crippen LogP contribution is -2.55. The van der Waals surface area contributed by atoms with E-state index in [0.29, 0.717) is 27.7 Å². The summed E-state index contributed by atoms with van der Waals surface area (Å²) in [5, 5.41) is 3.70. The summed E-state index contributed by atoms with van der Waals surface area (Å²) in [4.78, 5) is 28.2. The van der Waals surface area contributed by atoms with Crippen LogP contribution in [0.25, 0.3) is 0 Å². The van der Waals surface area contributed by atoms with Gasteiger partial charge < -0.3 is 10.2 Å². The molecule has 1 atom stereocenters. The van der Waals surface area contributed by atoms with Crippen LogP contribution in [-0.4, -0.2) is 49.5 Å². The highest BCUT2D eigenvalue weighted by Crippen LogP contribution is 2.25. The van der Waals surface area contributed by atoms with E-state index in [2.05, 4.69) is 27.9 Å². The molecule has 2 aromatic rings. The Kier molecular flexibility index (Phi) is 10.3. The van der Waals surface area contributed by atoms with E-state index in [9.17, 15) is 18.0 Å². The van der Waals surface area contributed by atoms with Crippen molar-refractivity contribution in [2.75, 3.05) is 17.1 Å². The van der Waals surface area contributed by atoms with Crippen molar-refractivity contribution in [3.05, 3.63) is 61.6 Å². The molecule has 1 N–H and O–H groups in total. The maximum atomic E-state index is 13.7. The molecule has 0 saturated heterocycles. The molecule has 0 heterocycles. The van der Waals surface area contributed by atoms with Gasteiger partial charge in [-0.2, -0.15) is 0 Å². The van der Waals surface area contributed by atoms with Gasteiger partial charge in [-0.25, -0.2) is 8.42 Å². The van der Waals surface area contributed by atoms with Gasteiger partial charge >= 0.3 is 0 Å². The van der Waals surface area contributed by atoms with Crippen LogP contribution in [0.15, 0.2) is 42.5 Å². The lowest BCUT2D eigenvalue weighted by Gasteiger charge is -2.34. The minimum Gasteiger partial charge on any atom is -0.350 e. The minimum absolute atomic E-state index is 0.00912. The van der Waals surface area contributed by atoms with Crippen molar-refractivity contribution < 1.29 is 18.0 Å². The zero-order chi connectivity index (χ0) is 26.6. The second-order valence-electron chi connectivity index (χ2n) is 9.17. The summed E-state index contributed by atoms with van der Waals surface area (Å²) in [5.74, 6) is -0.866. The number of nitrogens with one attached hydrogen (secondary N) is 1. The van der Waals surface area contributed by atoms with Gasteiger partial charge in [0.25, 0.3) is 0 Å². The average molecular weight is 654 g/mol. The summed E-state index contributed by atoms with van der Waals surface area (Å²) in [7, 11) is -3.79. The fourth-order valence-corrected chi connectivity index (χ4v) is 5.10. The highest BCUT2D eigenvalue weighted by molar-refractivity contribution is 14.1. The van der Waals surface area contributed by atoms with E-state index < -0.39 is 34.1 Å². The summed E-state index contributed by atoms with van der Waals surface area (Å²) in [5.41, 5.74) is 0.432. The third-order valence-electron chi connectivity index (χ3n) is 5.03. The lowest BCUT2D eigenvalue weighted by molar-refractivity contribution is -0.141. The summed E-state index contributed by atoms with van der Waals surface area (Å²) in [6, 6.07) is 10.9. The Balaban J connectivity index is 2.48. The van der Waals surface area contributed by atoms with Crippen molar-refractivity contribution in [2.24, 2.45) is 0 Å². The molecule has 0 bridgehead atoms. The van der Waals surface area contributed by atoms with Crippen LogP contribution in [0.2, 0.25) is 10.0 Å². The quantitative estimate of drug-likeness (QED) is 0.382. The van der Waals surface area contributed by atoms with Crippen LogP contribution in [0.3, 0.4) is 0 Å². The number of sulfonamides is 1. The molecule has 192 valence electrons. The van der Waals surface area contributed by atoms with Gasteiger partial charge in [-0.3, -0.25) is 13.9 Å². The number of nitrogens with zero attached hydrogens (tertiary/aromatic N) is 2. The van der Waals surface area contributed by atoms with Crippen LogP contribution in [0.4, 0.5) is 5.69 Å². The van der Waals surface area contributed by atoms with E-state index in [1.54, 1.807) is 49.4 Å². The highest BCUT2D eigenvalue weighted by atomic mass is 127. The summed E-state index contributed by atoms with van der Waals surface area (Å²) in [6.45, 7) is 6.88. The molecule has 0 radical (unpaired) electrons. The van der Waals surface area contributed by atoms with Crippen molar-refractivity contribution in [2.45, 2.75) is 52.2 Å². The monoisotopic (exact) mass is 653 g/mol. The van der Waals surface area contributed by atoms with E-state index >= 15 is 0 Å². The molecule has 2 rings (SSSR count). The molecular formula is C24H30Cl2IN3O4S. The van der Waals surface area contributed by atoms with Gasteiger partial charge in [0.15, 0.2) is 0 Å². The van der Waals surface area contributed by atoms with Gasteiger partial charge in [-0.15, -0.1) is 0 Å². The van der Waals surface area contributed by atoms with Crippen LogP contribution in [0, 0.1) is 3.57 Å². The number of rotatable bonds is 9. The SMILES string of the molecule is CC[C@H](C(=O)NC(C)(C)C)N(Cc1ccc(Cl)cc1Cl)C(=O)CN(c1ccc(I)cc1)S(C)(=O)=O. The largest absolute Gasteiger partial charge is 0.350 e. The van der Waals surface area contributed by atoms with Crippen LogP contribution in [0.5, 0.6) is 0 Å². The van der Waals surface area contributed by atoms with E-state index in [0.717, 1.165) is 14.1 Å². The smallest absolute Gasteiger partial charge is 0.244 e. The average Bonchev–Trinajstić information content (AvgIpc) is 2.72. The van der Waals surface area contributed by atoms with Gasteiger partial charge in [0, 0.05) is 25.7 Å². The van der Waals surface area contributed by atoms with Gasteiger partial charge in [0.2, 0.25) is 21.8 Å². The van der Waals surface area contributed by atoms with Crippen molar-refractivity contribution in [3.63, 3.8) is 0 Å². The second kappa shape index (κ2) is 12.1. The number of benzene rings is 2. The topological polar surface area (TPSA) is 86.8 Å². The van der Waals surface area contributed by atoms with Crippen molar-refractivity contribution >= 4 is 73.3 Å². The Labute approximate surface area is 231 Å². The molecule has 0 aliphatic heterocycles. The first-order valence-corrected chi connectivity index (χ1v) is 14.6. The Morgan fingerprint density at radius 2 is 1.69 bits per heavy atom. The first-order valence-electron chi connectivity index (χ1n) is 10.9. The number of hydrogen-bond acceptors (Lipinski definition) is 4. The maximum absolute atomic E-state index is 13.7. The van der Waals surface area contributed by atoms with Crippen molar-refractivity contribution in [1.29, 1.82) is 0 Å². The third kappa shape index (κ3) is 8.80. The molecule has 0 aliphatic carbocycles. The van der Waals surface area contributed by atoms with Crippen molar-refractivity contribution in [3.8, 4) is 0 Å². The maximum Gasteiger partial charge on any atom is 0.244 e. The Bertz CT molecular complexity index is 1170. The molecule has 7 nitrogen and oxygen atoms in total. The molecule has 35 heavy (non-hydrogen) atoms. The zero-order valence-electron chi connectivity index (χ0n) is 20.3. The Morgan fingerprint density at radius 1 is 1.09 bits per heavy atom. The lowest BCUT2D eigenvalue weighted by atomic mass is 10.1. The summed E-state index contributed by atoms with van der Waals surface area (Å²) < 4.78 is 27.2. The predicted octanol–water partition coefficient (Wildman–Crippen LogP) is 5.09. The van der Waals surface area contributed by atoms with E-state index in [1.165, 1.54) is 4.90 Å². The van der Waals surface area contributed by atoms with E-state index in [4.69, 9.17) is 23.2 Å². The van der Waals surface area contributed by atoms with Crippen LogP contribution in [0.1, 0.15) is 39.7 Å². The van der Waals surface area contributed by atoms with Crippen LogP contribution in [-0.2, 0) is 26.2 Å². The number of carbonyl (C=O) groups is 2. The molecular weight excluding hydrogens is 624 g/mol. The van der Waals surface area contributed by atoms with Gasteiger partial charge in [-0.1, -0.05) is 36.2 Å². The van der Waals surface area contributed by atoms with Crippen LogP contribution < -0.4 is 9.62 Å². The molecule has 0 spiro atoms. The van der Waals surface area contributed by atoms with Gasteiger partial charge in [0.05, 0.1) is 11.9 Å². The summed E-state index contributed by atoms with van der Waals surface area (Å²) in [6.07, 6.45) is 1.36. The number of amides is 2. The fraction of sp³-hybridized carbons (Fsp3) is 0.417. The second-order valence-corrected chi connectivity index (χ2v) is 13.2. The van der Waals surface area contributed by atoms with Crippen molar-refractivity contribution in [1.82, 2.24) is 10.2 Å². The van der Waals surface area contributed by atoms with Gasteiger partial charge in [0.1, 0.15) is 12.6 Å². The molecule has 0 fully saturated rings. The molecule has 0 aromatic heterocycles. The predicted molar refractivity (Wildman–Crippen MR) is 150 cm³/mol. The standard InChI is InChI=1S/C24H30Cl2IN3O4S/c1-6-21(23(32)28-24(2,3)4)29(14-16-7-8-17(25)13-20(16)26)22(31)15-30(35(5,33)34)19-11-9-18(27)10-12-19/h7-13,21H,6,14-15H2,1-5H3,(H,28,32)/t21-/m1/s1. The van der Waals surface area contributed by atoms with Gasteiger partial charge in [-0.05, 0) is 91.7 Å². The molecule has 0 saturated carbocycles. The minimum atomic E-state index is -3.79. The van der Waals surface area contributed by atoms with Crippen LogP contribution >= 0.6 is 45.8 Å². The first kappa shape index (κ1) is 29.7. The molecule has 0 unspecified atom stereocenters. The molecule has 11 heteroatoms. The highest BCUT2D eigenvalue weighted by Gasteiger charge is 2.33. The number of halogens is 3. The van der Waals surface area contributed by atoms with E-state index in [-0.39, 0.29) is 12.5 Å². The number of hydrogen-bond donors (Lipinski definition) is 1. The fourth-order valence-electron chi connectivity index (χ4n) is 3.43. The Morgan fingerprint density at radius 3 is 2.17 bits per heavy atom. The third-order valence-corrected chi connectivity index (χ3v) is 7.48. The molecule has 2 amide bonds. The Hall–Kier alpha value is -1.56. The normalized spacial score (nSPS) is 12.7.